The van der Waals surface area contributed by atoms with Gasteiger partial charge in [-0.2, -0.15) is 0 Å². The van der Waals surface area contributed by atoms with Crippen molar-refractivity contribution in [2.24, 2.45) is 0 Å². The van der Waals surface area contributed by atoms with Crippen LogP contribution >= 0.6 is 12.4 Å². The van der Waals surface area contributed by atoms with E-state index in [2.05, 4.69) is 17.0 Å². The molecular weight excluding hydrogens is 310 g/mol. The van der Waals surface area contributed by atoms with Crippen molar-refractivity contribution in [3.05, 3.63) is 54.1 Å². The molecule has 0 radical (unpaired) electrons. The Morgan fingerprint density at radius 3 is 2.30 bits per heavy atom. The summed E-state index contributed by atoms with van der Waals surface area (Å²) in [4.78, 5) is 2.53. The molecule has 2 aromatic rings. The molecule has 2 heterocycles. The fourth-order valence-corrected chi connectivity index (χ4v) is 3.33. The SMILES string of the molecule is Cl.c1ccc2c(c1)Oc1ccccc1C(CCN1CCCC1)O2. The van der Waals surface area contributed by atoms with Gasteiger partial charge in [0.1, 0.15) is 11.9 Å². The number of ether oxygens (including phenoxy) is 2. The lowest BCUT2D eigenvalue weighted by atomic mass is 10.1. The lowest BCUT2D eigenvalue weighted by molar-refractivity contribution is 0.175. The molecular formula is C19H22ClNO2. The van der Waals surface area contributed by atoms with E-state index in [1.165, 1.54) is 25.9 Å². The highest BCUT2D eigenvalue weighted by atomic mass is 35.5. The van der Waals surface area contributed by atoms with Gasteiger partial charge in [-0.15, -0.1) is 12.4 Å². The zero-order chi connectivity index (χ0) is 14.8. The molecule has 3 nitrogen and oxygen atoms in total. The Hall–Kier alpha value is -1.71. The second-order valence-corrected chi connectivity index (χ2v) is 6.03. The third kappa shape index (κ3) is 3.46. The van der Waals surface area contributed by atoms with E-state index in [1.54, 1.807) is 0 Å². The molecule has 0 bridgehead atoms. The molecule has 1 fully saturated rings. The van der Waals surface area contributed by atoms with Crippen molar-refractivity contribution in [1.82, 2.24) is 4.90 Å². The summed E-state index contributed by atoms with van der Waals surface area (Å²) < 4.78 is 12.4. The first-order valence-corrected chi connectivity index (χ1v) is 8.15. The van der Waals surface area contributed by atoms with E-state index in [-0.39, 0.29) is 18.5 Å². The summed E-state index contributed by atoms with van der Waals surface area (Å²) in [5, 5.41) is 0. The minimum Gasteiger partial charge on any atom is -0.482 e. The van der Waals surface area contributed by atoms with Crippen LogP contribution in [0.4, 0.5) is 0 Å². The van der Waals surface area contributed by atoms with Gasteiger partial charge in [0.15, 0.2) is 11.5 Å². The highest BCUT2D eigenvalue weighted by molar-refractivity contribution is 5.85. The van der Waals surface area contributed by atoms with Crippen molar-refractivity contribution in [3.8, 4) is 17.2 Å². The third-order valence-corrected chi connectivity index (χ3v) is 4.51. The van der Waals surface area contributed by atoms with Gasteiger partial charge in [0, 0.05) is 18.5 Å². The van der Waals surface area contributed by atoms with E-state index in [9.17, 15) is 0 Å². The van der Waals surface area contributed by atoms with Crippen molar-refractivity contribution in [3.63, 3.8) is 0 Å². The quantitative estimate of drug-likeness (QED) is 0.804. The maximum Gasteiger partial charge on any atom is 0.169 e. The van der Waals surface area contributed by atoms with Crippen LogP contribution in [0.25, 0.3) is 0 Å². The van der Waals surface area contributed by atoms with E-state index in [4.69, 9.17) is 9.47 Å². The molecule has 1 unspecified atom stereocenters. The molecule has 2 aliphatic rings. The Kier molecular flexibility index (Phi) is 5.09. The van der Waals surface area contributed by atoms with Crippen LogP contribution in [0.3, 0.4) is 0 Å². The van der Waals surface area contributed by atoms with E-state index in [0.29, 0.717) is 0 Å². The van der Waals surface area contributed by atoms with Crippen LogP contribution in [-0.2, 0) is 0 Å². The Balaban J connectivity index is 0.00000156. The van der Waals surface area contributed by atoms with Crippen LogP contribution in [0.15, 0.2) is 48.5 Å². The number of para-hydroxylation sites is 3. The number of fused-ring (bicyclic) bond motifs is 2. The molecule has 4 rings (SSSR count). The average Bonchev–Trinajstić information content (AvgIpc) is 3.01. The summed E-state index contributed by atoms with van der Waals surface area (Å²) in [6, 6.07) is 16.2. The molecule has 23 heavy (non-hydrogen) atoms. The summed E-state index contributed by atoms with van der Waals surface area (Å²) in [5.41, 5.74) is 1.15. The van der Waals surface area contributed by atoms with Crippen molar-refractivity contribution in [2.45, 2.75) is 25.4 Å². The molecule has 1 saturated heterocycles. The zero-order valence-electron chi connectivity index (χ0n) is 13.1. The Morgan fingerprint density at radius 1 is 0.870 bits per heavy atom. The van der Waals surface area contributed by atoms with Crippen LogP contribution in [0.1, 0.15) is 30.9 Å². The minimum atomic E-state index is 0. The number of nitrogens with zero attached hydrogens (tertiary/aromatic N) is 1. The average molecular weight is 332 g/mol. The van der Waals surface area contributed by atoms with Crippen molar-refractivity contribution in [1.29, 1.82) is 0 Å². The number of rotatable bonds is 3. The predicted octanol–water partition coefficient (Wildman–Crippen LogP) is 4.82. The van der Waals surface area contributed by atoms with Gasteiger partial charge in [-0.25, -0.2) is 0 Å². The largest absolute Gasteiger partial charge is 0.482 e. The van der Waals surface area contributed by atoms with Gasteiger partial charge in [0.25, 0.3) is 0 Å². The molecule has 1 atom stereocenters. The third-order valence-electron chi connectivity index (χ3n) is 4.51. The predicted molar refractivity (Wildman–Crippen MR) is 93.9 cm³/mol. The van der Waals surface area contributed by atoms with Crippen LogP contribution in [0.2, 0.25) is 0 Å². The van der Waals surface area contributed by atoms with Gasteiger partial charge in [-0.05, 0) is 44.1 Å². The van der Waals surface area contributed by atoms with Crippen molar-refractivity contribution in [2.75, 3.05) is 19.6 Å². The number of hydrogen-bond donors (Lipinski definition) is 0. The van der Waals surface area contributed by atoms with Crippen LogP contribution in [0.5, 0.6) is 17.2 Å². The molecule has 2 aromatic carbocycles. The first-order valence-electron chi connectivity index (χ1n) is 8.15. The highest BCUT2D eigenvalue weighted by Gasteiger charge is 2.25. The Bertz CT molecular complexity index is 655. The van der Waals surface area contributed by atoms with Gasteiger partial charge in [0.05, 0.1) is 0 Å². The summed E-state index contributed by atoms with van der Waals surface area (Å²) in [6.45, 7) is 3.53. The molecule has 122 valence electrons. The van der Waals surface area contributed by atoms with E-state index >= 15 is 0 Å². The maximum absolute atomic E-state index is 6.29. The molecule has 2 aliphatic heterocycles. The number of likely N-dealkylation sites (tertiary alicyclic amines) is 1. The van der Waals surface area contributed by atoms with Crippen LogP contribution < -0.4 is 9.47 Å². The van der Waals surface area contributed by atoms with Gasteiger partial charge < -0.3 is 14.4 Å². The van der Waals surface area contributed by atoms with E-state index in [1.807, 2.05) is 36.4 Å². The first kappa shape index (κ1) is 16.2. The zero-order valence-corrected chi connectivity index (χ0v) is 13.9. The summed E-state index contributed by atoms with van der Waals surface area (Å²) in [7, 11) is 0. The fourth-order valence-electron chi connectivity index (χ4n) is 3.33. The fraction of sp³-hybridized carbons (Fsp3) is 0.368. The summed E-state index contributed by atoms with van der Waals surface area (Å²) >= 11 is 0. The molecule has 0 N–H and O–H groups in total. The standard InChI is InChI=1S/C19H21NO2.ClH/c1-2-8-16-15(7-1)17(11-14-20-12-5-6-13-20)22-19-10-4-3-9-18(19)21-16;/h1-4,7-10,17H,5-6,11-14H2;1H. The summed E-state index contributed by atoms with van der Waals surface area (Å²) in [5.74, 6) is 2.56. The van der Waals surface area contributed by atoms with Crippen molar-refractivity contribution < 1.29 is 9.47 Å². The monoisotopic (exact) mass is 331 g/mol. The van der Waals surface area contributed by atoms with Gasteiger partial charge in [-0.1, -0.05) is 30.3 Å². The number of hydrogen-bond acceptors (Lipinski definition) is 3. The molecule has 0 amide bonds. The minimum absolute atomic E-state index is 0. The second kappa shape index (κ2) is 7.24. The second-order valence-electron chi connectivity index (χ2n) is 6.03. The van der Waals surface area contributed by atoms with E-state index < -0.39 is 0 Å². The van der Waals surface area contributed by atoms with Crippen LogP contribution in [-0.4, -0.2) is 24.5 Å². The lowest BCUT2D eigenvalue weighted by Gasteiger charge is -2.21. The Labute approximate surface area is 143 Å². The summed E-state index contributed by atoms with van der Waals surface area (Å²) in [6.07, 6.45) is 3.71. The highest BCUT2D eigenvalue weighted by Crippen LogP contribution is 2.42. The van der Waals surface area contributed by atoms with Gasteiger partial charge >= 0.3 is 0 Å². The Morgan fingerprint density at radius 2 is 1.52 bits per heavy atom. The molecule has 0 spiro atoms. The smallest absolute Gasteiger partial charge is 0.169 e. The van der Waals surface area contributed by atoms with Gasteiger partial charge in [0.2, 0.25) is 0 Å². The topological polar surface area (TPSA) is 21.7 Å². The number of benzene rings is 2. The van der Waals surface area contributed by atoms with E-state index in [0.717, 1.165) is 35.8 Å². The lowest BCUT2D eigenvalue weighted by Crippen LogP contribution is -2.23. The maximum atomic E-state index is 6.29. The first-order chi connectivity index (χ1) is 10.9. The molecule has 0 aromatic heterocycles. The molecule has 0 aliphatic carbocycles. The number of halogens is 1. The molecule has 4 heteroatoms. The van der Waals surface area contributed by atoms with Gasteiger partial charge in [-0.3, -0.25) is 0 Å². The molecule has 0 saturated carbocycles. The van der Waals surface area contributed by atoms with Crippen molar-refractivity contribution >= 4 is 12.4 Å². The van der Waals surface area contributed by atoms with Crippen LogP contribution in [0, 0.1) is 0 Å². The normalized spacial score (nSPS) is 19.6.